The highest BCUT2D eigenvalue weighted by Crippen LogP contribution is 2.12. The molecule has 132 valence electrons. The van der Waals surface area contributed by atoms with E-state index in [2.05, 4.69) is 10.0 Å². The molecule has 0 aliphatic carbocycles. The minimum Gasteiger partial charge on any atom is -0.326 e. The maximum Gasteiger partial charge on any atom is 0.240 e. The molecule has 2 aromatic rings. The molecule has 0 saturated heterocycles. The number of carbonyl (C=O) groups excluding carboxylic acids is 2. The van der Waals surface area contributed by atoms with E-state index in [-0.39, 0.29) is 29.6 Å². The molecule has 0 radical (unpaired) electrons. The summed E-state index contributed by atoms with van der Waals surface area (Å²) in [6.07, 6.45) is -0.0185. The van der Waals surface area contributed by atoms with Crippen LogP contribution in [0.1, 0.15) is 29.3 Å². The molecule has 0 unspecified atom stereocenters. The van der Waals surface area contributed by atoms with Crippen LogP contribution in [0.15, 0.2) is 53.4 Å². The number of nitrogens with one attached hydrogen (secondary N) is 2. The van der Waals surface area contributed by atoms with Crippen molar-refractivity contribution in [2.24, 2.45) is 0 Å². The van der Waals surface area contributed by atoms with Crippen molar-refractivity contribution in [3.8, 4) is 0 Å². The SMILES string of the molecule is CC(=O)c1cccc(NC(=O)CCNS(=O)(=O)c2ccc(C)cc2)c1. The van der Waals surface area contributed by atoms with Gasteiger partial charge in [0.05, 0.1) is 4.90 Å². The van der Waals surface area contributed by atoms with Crippen molar-refractivity contribution in [1.82, 2.24) is 4.72 Å². The fraction of sp³-hybridized carbons (Fsp3) is 0.222. The monoisotopic (exact) mass is 360 g/mol. The second-order valence-corrected chi connectivity index (χ2v) is 7.41. The second kappa shape index (κ2) is 8.04. The average Bonchev–Trinajstić information content (AvgIpc) is 2.55. The largest absolute Gasteiger partial charge is 0.326 e. The minimum absolute atomic E-state index is 0.0185. The number of hydrogen-bond acceptors (Lipinski definition) is 4. The first-order valence-corrected chi connectivity index (χ1v) is 9.23. The van der Waals surface area contributed by atoms with Gasteiger partial charge in [0.25, 0.3) is 0 Å². The summed E-state index contributed by atoms with van der Waals surface area (Å²) in [4.78, 5) is 23.4. The zero-order valence-corrected chi connectivity index (χ0v) is 14.9. The molecule has 0 aliphatic rings. The average molecular weight is 360 g/mol. The summed E-state index contributed by atoms with van der Waals surface area (Å²) in [6, 6.07) is 13.0. The van der Waals surface area contributed by atoms with Gasteiger partial charge in [-0.05, 0) is 38.1 Å². The summed E-state index contributed by atoms with van der Waals surface area (Å²) in [5.74, 6) is -0.436. The summed E-state index contributed by atoms with van der Waals surface area (Å²) in [7, 11) is -3.64. The number of aryl methyl sites for hydroxylation is 1. The molecule has 2 rings (SSSR count). The number of Topliss-reactive ketones (excluding diaryl/α,β-unsaturated/α-hetero) is 1. The van der Waals surface area contributed by atoms with Crippen LogP contribution in [0.5, 0.6) is 0 Å². The highest BCUT2D eigenvalue weighted by Gasteiger charge is 2.14. The Labute approximate surface area is 147 Å². The first-order chi connectivity index (χ1) is 11.8. The Morgan fingerprint density at radius 1 is 1.04 bits per heavy atom. The molecular weight excluding hydrogens is 340 g/mol. The van der Waals surface area contributed by atoms with E-state index >= 15 is 0 Å². The first kappa shape index (κ1) is 18.8. The Bertz CT molecular complexity index is 874. The second-order valence-electron chi connectivity index (χ2n) is 5.65. The van der Waals surface area contributed by atoms with Crippen LogP contribution in [0.2, 0.25) is 0 Å². The predicted octanol–water partition coefficient (Wildman–Crippen LogP) is 2.50. The molecule has 0 aliphatic heterocycles. The van der Waals surface area contributed by atoms with Crippen molar-refractivity contribution in [3.05, 3.63) is 59.7 Å². The standard InChI is InChI=1S/C18H20N2O4S/c1-13-6-8-17(9-7-13)25(23,24)19-11-10-18(22)20-16-5-3-4-15(12-16)14(2)21/h3-9,12,19H,10-11H2,1-2H3,(H,20,22). The lowest BCUT2D eigenvalue weighted by molar-refractivity contribution is -0.116. The van der Waals surface area contributed by atoms with Gasteiger partial charge in [-0.15, -0.1) is 0 Å². The number of ketones is 1. The molecule has 7 heteroatoms. The van der Waals surface area contributed by atoms with Crippen LogP contribution in [0.25, 0.3) is 0 Å². The van der Waals surface area contributed by atoms with Gasteiger partial charge in [0.15, 0.2) is 5.78 Å². The lowest BCUT2D eigenvalue weighted by Crippen LogP contribution is -2.27. The van der Waals surface area contributed by atoms with E-state index in [0.717, 1.165) is 5.56 Å². The highest BCUT2D eigenvalue weighted by molar-refractivity contribution is 7.89. The molecule has 0 saturated carbocycles. The van der Waals surface area contributed by atoms with Gasteiger partial charge in [-0.25, -0.2) is 13.1 Å². The first-order valence-electron chi connectivity index (χ1n) is 7.75. The summed E-state index contributed by atoms with van der Waals surface area (Å²) < 4.78 is 26.6. The maximum atomic E-state index is 12.1. The van der Waals surface area contributed by atoms with Crippen LogP contribution in [0, 0.1) is 6.92 Å². The Hall–Kier alpha value is -2.51. The molecule has 0 fully saturated rings. The number of amides is 1. The number of hydrogen-bond donors (Lipinski definition) is 2. The smallest absolute Gasteiger partial charge is 0.240 e. The van der Waals surface area contributed by atoms with Gasteiger partial charge in [0, 0.05) is 24.2 Å². The van der Waals surface area contributed by atoms with Crippen molar-refractivity contribution in [2.75, 3.05) is 11.9 Å². The van der Waals surface area contributed by atoms with Gasteiger partial charge in [0.2, 0.25) is 15.9 Å². The molecule has 0 atom stereocenters. The quantitative estimate of drug-likeness (QED) is 0.742. The van der Waals surface area contributed by atoms with E-state index in [1.807, 2.05) is 6.92 Å². The van der Waals surface area contributed by atoms with Crippen LogP contribution >= 0.6 is 0 Å². The van der Waals surface area contributed by atoms with Crippen molar-refractivity contribution in [1.29, 1.82) is 0 Å². The van der Waals surface area contributed by atoms with Gasteiger partial charge in [-0.1, -0.05) is 29.8 Å². The molecule has 1 amide bonds. The molecule has 0 bridgehead atoms. The summed E-state index contributed by atoms with van der Waals surface area (Å²) in [6.45, 7) is 3.30. The number of benzene rings is 2. The van der Waals surface area contributed by atoms with Crippen LogP contribution in [0.3, 0.4) is 0 Å². The normalized spacial score (nSPS) is 11.1. The zero-order valence-electron chi connectivity index (χ0n) is 14.1. The zero-order chi connectivity index (χ0) is 18.4. The van der Waals surface area contributed by atoms with E-state index in [1.165, 1.54) is 19.1 Å². The molecule has 0 heterocycles. The number of rotatable bonds is 7. The van der Waals surface area contributed by atoms with Crippen molar-refractivity contribution in [3.63, 3.8) is 0 Å². The molecule has 2 N–H and O–H groups in total. The lowest BCUT2D eigenvalue weighted by atomic mass is 10.1. The van der Waals surface area contributed by atoms with E-state index in [0.29, 0.717) is 11.3 Å². The molecular formula is C18H20N2O4S. The summed E-state index contributed by atoms with van der Waals surface area (Å²) in [5, 5.41) is 2.64. The van der Waals surface area contributed by atoms with Crippen molar-refractivity contribution < 1.29 is 18.0 Å². The number of anilines is 1. The Balaban J connectivity index is 1.89. The summed E-state index contributed by atoms with van der Waals surface area (Å²) in [5.41, 5.74) is 1.96. The third kappa shape index (κ3) is 5.51. The van der Waals surface area contributed by atoms with E-state index in [9.17, 15) is 18.0 Å². The van der Waals surface area contributed by atoms with Crippen LogP contribution in [0.4, 0.5) is 5.69 Å². The molecule has 0 spiro atoms. The third-order valence-electron chi connectivity index (χ3n) is 3.53. The van der Waals surface area contributed by atoms with Gasteiger partial charge in [0.1, 0.15) is 0 Å². The Kier molecular flexibility index (Phi) is 6.06. The molecule has 2 aromatic carbocycles. The van der Waals surface area contributed by atoms with Crippen LogP contribution in [-0.4, -0.2) is 26.7 Å². The number of sulfonamides is 1. The van der Waals surface area contributed by atoms with Gasteiger partial charge >= 0.3 is 0 Å². The molecule has 0 aromatic heterocycles. The number of carbonyl (C=O) groups is 2. The highest BCUT2D eigenvalue weighted by atomic mass is 32.2. The summed E-state index contributed by atoms with van der Waals surface area (Å²) >= 11 is 0. The van der Waals surface area contributed by atoms with Crippen molar-refractivity contribution in [2.45, 2.75) is 25.2 Å². The third-order valence-corrected chi connectivity index (χ3v) is 5.01. The fourth-order valence-corrected chi connectivity index (χ4v) is 3.17. The molecule has 25 heavy (non-hydrogen) atoms. The van der Waals surface area contributed by atoms with Crippen LogP contribution < -0.4 is 10.0 Å². The minimum atomic E-state index is -3.64. The van der Waals surface area contributed by atoms with Crippen molar-refractivity contribution >= 4 is 27.4 Å². The topological polar surface area (TPSA) is 92.3 Å². The van der Waals surface area contributed by atoms with E-state index < -0.39 is 10.0 Å². The lowest BCUT2D eigenvalue weighted by Gasteiger charge is -2.08. The maximum absolute atomic E-state index is 12.1. The molecule has 6 nitrogen and oxygen atoms in total. The van der Waals surface area contributed by atoms with Gasteiger partial charge in [-0.3, -0.25) is 9.59 Å². The van der Waals surface area contributed by atoms with Crippen LogP contribution in [-0.2, 0) is 14.8 Å². The van der Waals surface area contributed by atoms with E-state index in [4.69, 9.17) is 0 Å². The van der Waals surface area contributed by atoms with Gasteiger partial charge in [-0.2, -0.15) is 0 Å². The predicted molar refractivity (Wildman–Crippen MR) is 96.1 cm³/mol. The van der Waals surface area contributed by atoms with E-state index in [1.54, 1.807) is 36.4 Å². The van der Waals surface area contributed by atoms with Gasteiger partial charge < -0.3 is 5.32 Å². The Morgan fingerprint density at radius 2 is 1.72 bits per heavy atom. The fourth-order valence-electron chi connectivity index (χ4n) is 2.14. The Morgan fingerprint density at radius 3 is 2.36 bits per heavy atom.